The second-order valence-corrected chi connectivity index (χ2v) is 7.99. The van der Waals surface area contributed by atoms with Crippen LogP contribution in [0.1, 0.15) is 31.0 Å². The number of hydrogen-bond donors (Lipinski definition) is 3. The number of nitrogens with zero attached hydrogens (tertiary/aromatic N) is 1. The summed E-state index contributed by atoms with van der Waals surface area (Å²) < 4.78 is 6.33. The van der Waals surface area contributed by atoms with Crippen molar-refractivity contribution in [2.24, 2.45) is 5.73 Å². The average Bonchev–Trinajstić information content (AvgIpc) is 3.13. The van der Waals surface area contributed by atoms with Gasteiger partial charge in [-0.15, -0.1) is 0 Å². The largest absolute Gasteiger partial charge is 0.449 e. The number of nitrogens with one attached hydrogen (secondary N) is 2. The molecule has 1 atom stereocenters. The number of nitrogens with two attached hydrogens (primary N) is 1. The number of benzene rings is 2. The number of carbonyl (C=O) groups excluding carboxylic acids is 3. The van der Waals surface area contributed by atoms with Crippen molar-refractivity contribution >= 4 is 63.4 Å². The van der Waals surface area contributed by atoms with E-state index in [1.807, 2.05) is 0 Å². The first kappa shape index (κ1) is 24.2. The highest BCUT2D eigenvalue weighted by atomic mass is 35.5. The Morgan fingerprint density at radius 2 is 1.91 bits per heavy atom. The van der Waals surface area contributed by atoms with Crippen LogP contribution >= 0.6 is 23.2 Å². The molecule has 1 aromatic heterocycles. The van der Waals surface area contributed by atoms with Gasteiger partial charge in [0.05, 0.1) is 23.2 Å². The number of hydrogen-bond acceptors (Lipinski definition) is 4. The SMILES string of the molecule is C=C(C(=O)Nc1ccccc1C(C)NC(N)=O)c1cn(C(=O)OCC)c2cc(Cl)cc(Cl)c12. The van der Waals surface area contributed by atoms with Gasteiger partial charge in [0.25, 0.3) is 5.91 Å². The number of anilines is 1. The summed E-state index contributed by atoms with van der Waals surface area (Å²) in [6, 6.07) is 8.89. The van der Waals surface area contributed by atoms with Crippen LogP contribution in [-0.2, 0) is 9.53 Å². The fourth-order valence-electron chi connectivity index (χ4n) is 3.45. The van der Waals surface area contributed by atoms with Crippen molar-refractivity contribution in [1.82, 2.24) is 9.88 Å². The van der Waals surface area contributed by atoms with Crippen LogP contribution in [0.4, 0.5) is 15.3 Å². The molecule has 4 N–H and O–H groups in total. The van der Waals surface area contributed by atoms with Gasteiger partial charge in [0.15, 0.2) is 0 Å². The van der Waals surface area contributed by atoms with E-state index in [0.717, 1.165) is 0 Å². The molecule has 3 aromatic rings. The van der Waals surface area contributed by atoms with Crippen molar-refractivity contribution in [3.8, 4) is 0 Å². The fraction of sp³-hybridized carbons (Fsp3) is 0.174. The molecule has 3 amide bonds. The molecule has 0 fully saturated rings. The molecule has 10 heteroatoms. The Morgan fingerprint density at radius 3 is 2.58 bits per heavy atom. The highest BCUT2D eigenvalue weighted by Gasteiger charge is 2.23. The molecular formula is C23H22Cl2N4O4. The predicted molar refractivity (Wildman–Crippen MR) is 130 cm³/mol. The zero-order valence-corrected chi connectivity index (χ0v) is 19.5. The lowest BCUT2D eigenvalue weighted by atomic mass is 10.0. The molecule has 172 valence electrons. The minimum Gasteiger partial charge on any atom is -0.449 e. The fourth-order valence-corrected chi connectivity index (χ4v) is 4.04. The molecule has 0 bridgehead atoms. The van der Waals surface area contributed by atoms with E-state index >= 15 is 0 Å². The van der Waals surface area contributed by atoms with Crippen LogP contribution < -0.4 is 16.4 Å². The van der Waals surface area contributed by atoms with E-state index in [1.54, 1.807) is 44.2 Å². The zero-order valence-electron chi connectivity index (χ0n) is 17.9. The molecule has 1 heterocycles. The molecule has 1 unspecified atom stereocenters. The smallest absolute Gasteiger partial charge is 0.418 e. The number of halogens is 2. The Morgan fingerprint density at radius 1 is 1.21 bits per heavy atom. The number of amides is 3. The lowest BCUT2D eigenvalue weighted by Crippen LogP contribution is -2.32. The summed E-state index contributed by atoms with van der Waals surface area (Å²) in [5.74, 6) is -0.525. The van der Waals surface area contributed by atoms with E-state index in [-0.39, 0.29) is 17.2 Å². The Bertz CT molecular complexity index is 1270. The molecule has 0 aliphatic carbocycles. The van der Waals surface area contributed by atoms with E-state index in [2.05, 4.69) is 17.2 Å². The van der Waals surface area contributed by atoms with Gasteiger partial charge in [0, 0.05) is 33.4 Å². The summed E-state index contributed by atoms with van der Waals surface area (Å²) in [5.41, 5.74) is 7.13. The summed E-state index contributed by atoms with van der Waals surface area (Å²) >= 11 is 12.5. The maximum Gasteiger partial charge on any atom is 0.418 e. The second kappa shape index (κ2) is 9.97. The number of urea groups is 1. The van der Waals surface area contributed by atoms with Gasteiger partial charge in [0.1, 0.15) is 0 Å². The average molecular weight is 489 g/mol. The molecule has 2 aromatic carbocycles. The third-order valence-electron chi connectivity index (χ3n) is 4.92. The van der Waals surface area contributed by atoms with Gasteiger partial charge < -0.3 is 21.1 Å². The molecule has 8 nitrogen and oxygen atoms in total. The van der Waals surface area contributed by atoms with Gasteiger partial charge in [-0.1, -0.05) is 48.0 Å². The van der Waals surface area contributed by atoms with Crippen LogP contribution in [0.25, 0.3) is 16.5 Å². The highest BCUT2D eigenvalue weighted by Crippen LogP contribution is 2.36. The van der Waals surface area contributed by atoms with Crippen molar-refractivity contribution in [2.45, 2.75) is 19.9 Å². The van der Waals surface area contributed by atoms with Gasteiger partial charge in [-0.25, -0.2) is 9.59 Å². The molecule has 0 aliphatic heterocycles. The molecule has 0 aliphatic rings. The van der Waals surface area contributed by atoms with Crippen molar-refractivity contribution in [2.75, 3.05) is 11.9 Å². The number of fused-ring (bicyclic) bond motifs is 1. The van der Waals surface area contributed by atoms with E-state index in [0.29, 0.717) is 32.7 Å². The molecule has 0 saturated carbocycles. The number of carbonyl (C=O) groups is 3. The molecule has 3 rings (SSSR count). The van der Waals surface area contributed by atoms with Crippen molar-refractivity contribution in [3.63, 3.8) is 0 Å². The summed E-state index contributed by atoms with van der Waals surface area (Å²) in [7, 11) is 0. The van der Waals surface area contributed by atoms with Crippen molar-refractivity contribution in [3.05, 3.63) is 70.3 Å². The number of primary amides is 1. The van der Waals surface area contributed by atoms with Crippen molar-refractivity contribution in [1.29, 1.82) is 0 Å². The second-order valence-electron chi connectivity index (χ2n) is 7.14. The molecule has 33 heavy (non-hydrogen) atoms. The third kappa shape index (κ3) is 5.13. The maximum atomic E-state index is 13.1. The molecule has 0 saturated heterocycles. The first-order chi connectivity index (χ1) is 15.6. The normalized spacial score (nSPS) is 11.6. The number of rotatable bonds is 6. The van der Waals surface area contributed by atoms with Crippen molar-refractivity contribution < 1.29 is 19.1 Å². The van der Waals surface area contributed by atoms with Gasteiger partial charge in [-0.05, 0) is 37.6 Å². The van der Waals surface area contributed by atoms with E-state index in [4.69, 9.17) is 33.7 Å². The van der Waals surface area contributed by atoms with Gasteiger partial charge in [-0.2, -0.15) is 0 Å². The monoisotopic (exact) mass is 488 g/mol. The summed E-state index contributed by atoms with van der Waals surface area (Å²) in [6.45, 7) is 7.50. The number of aromatic nitrogens is 1. The Hall–Kier alpha value is -3.49. The van der Waals surface area contributed by atoms with E-state index < -0.39 is 24.1 Å². The van der Waals surface area contributed by atoms with E-state index in [9.17, 15) is 14.4 Å². The number of ether oxygens (including phenoxy) is 1. The van der Waals surface area contributed by atoms with Crippen LogP contribution in [-0.4, -0.2) is 29.2 Å². The van der Waals surface area contributed by atoms with Crippen LogP contribution in [0.2, 0.25) is 10.0 Å². The lowest BCUT2D eigenvalue weighted by molar-refractivity contribution is -0.111. The Balaban J connectivity index is 2.00. The molecule has 0 radical (unpaired) electrons. The Labute approximate surface area is 200 Å². The minimum atomic E-state index is -0.687. The minimum absolute atomic E-state index is 0.0672. The van der Waals surface area contributed by atoms with Gasteiger partial charge in [0.2, 0.25) is 0 Å². The van der Waals surface area contributed by atoms with Crippen LogP contribution in [0, 0.1) is 0 Å². The maximum absolute atomic E-state index is 13.1. The van der Waals surface area contributed by atoms with E-state index in [1.165, 1.54) is 16.8 Å². The van der Waals surface area contributed by atoms with Crippen LogP contribution in [0.3, 0.4) is 0 Å². The highest BCUT2D eigenvalue weighted by molar-refractivity contribution is 6.40. The predicted octanol–water partition coefficient (Wildman–Crippen LogP) is 5.33. The first-order valence-corrected chi connectivity index (χ1v) is 10.7. The van der Waals surface area contributed by atoms with Crippen LogP contribution in [0.15, 0.2) is 49.2 Å². The quantitative estimate of drug-likeness (QED) is 0.406. The third-order valence-corrected chi connectivity index (χ3v) is 5.44. The lowest BCUT2D eigenvalue weighted by Gasteiger charge is -2.18. The Kier molecular flexibility index (Phi) is 7.30. The topological polar surface area (TPSA) is 115 Å². The first-order valence-electron chi connectivity index (χ1n) is 9.96. The molecular weight excluding hydrogens is 467 g/mol. The zero-order chi connectivity index (χ0) is 24.3. The standard InChI is InChI=1S/C23H22Cl2N4O4/c1-4-33-23(32)29-11-16(20-17(25)9-14(24)10-19(20)29)12(2)21(30)28-18-8-6-5-7-15(18)13(3)27-22(26)31/h5-11,13H,2,4H2,1,3H3,(H,28,30)(H3,26,27,31). The summed E-state index contributed by atoms with van der Waals surface area (Å²) in [6.07, 6.45) is 0.799. The van der Waals surface area contributed by atoms with Gasteiger partial charge in [-0.3, -0.25) is 9.36 Å². The van der Waals surface area contributed by atoms with Gasteiger partial charge >= 0.3 is 12.1 Å². The summed E-state index contributed by atoms with van der Waals surface area (Å²) in [4.78, 5) is 36.8. The molecule has 0 spiro atoms. The van der Waals surface area contributed by atoms with Crippen LogP contribution in [0.5, 0.6) is 0 Å². The number of para-hydroxylation sites is 1. The summed E-state index contributed by atoms with van der Waals surface area (Å²) in [5, 5.41) is 6.39.